The fourth-order valence-electron chi connectivity index (χ4n) is 1.19. The molecular weight excluding hydrogens is 182 g/mol. The summed E-state index contributed by atoms with van der Waals surface area (Å²) in [6.07, 6.45) is 3.22. The van der Waals surface area contributed by atoms with Gasteiger partial charge >= 0.3 is 0 Å². The number of β-lactam (4-membered cyclic amide) rings is 1. The molecule has 0 radical (unpaired) electrons. The van der Waals surface area contributed by atoms with Crippen LogP contribution in [0, 0.1) is 11.3 Å². The van der Waals surface area contributed by atoms with Crippen molar-refractivity contribution in [2.24, 2.45) is 0 Å². The second kappa shape index (κ2) is 4.42. The van der Waals surface area contributed by atoms with Gasteiger partial charge in [-0.15, -0.1) is 0 Å². The molecule has 0 saturated carbocycles. The van der Waals surface area contributed by atoms with Gasteiger partial charge in [-0.2, -0.15) is 5.26 Å². The Morgan fingerprint density at radius 3 is 3.07 bits per heavy atom. The van der Waals surface area contributed by atoms with Gasteiger partial charge in [0.1, 0.15) is 12.5 Å². The Kier molecular flexibility index (Phi) is 3.24. The van der Waals surface area contributed by atoms with Crippen LogP contribution in [0.2, 0.25) is 0 Å². The molecule has 1 aliphatic heterocycles. The Morgan fingerprint density at radius 1 is 1.86 bits per heavy atom. The van der Waals surface area contributed by atoms with Gasteiger partial charge in [0.15, 0.2) is 0 Å². The third-order valence-electron chi connectivity index (χ3n) is 1.86. The number of nitriles is 1. The van der Waals surface area contributed by atoms with Gasteiger partial charge in [0.2, 0.25) is 5.91 Å². The summed E-state index contributed by atoms with van der Waals surface area (Å²) in [5.74, 6) is -0.527. The van der Waals surface area contributed by atoms with E-state index in [9.17, 15) is 9.59 Å². The molecule has 1 aliphatic rings. The zero-order chi connectivity index (χ0) is 10.6. The highest BCUT2D eigenvalue weighted by Crippen LogP contribution is 2.10. The second-order valence-electron chi connectivity index (χ2n) is 2.93. The van der Waals surface area contributed by atoms with Crippen LogP contribution in [0.15, 0.2) is 12.3 Å². The smallest absolute Gasteiger partial charge is 0.251 e. The van der Waals surface area contributed by atoms with Crippen molar-refractivity contribution in [1.82, 2.24) is 10.2 Å². The monoisotopic (exact) mass is 193 g/mol. The maximum Gasteiger partial charge on any atom is 0.251 e. The third kappa shape index (κ3) is 2.10. The van der Waals surface area contributed by atoms with Crippen molar-refractivity contribution in [3.05, 3.63) is 12.3 Å². The summed E-state index contributed by atoms with van der Waals surface area (Å²) >= 11 is 0. The van der Waals surface area contributed by atoms with Crippen LogP contribution in [0.1, 0.15) is 13.3 Å². The van der Waals surface area contributed by atoms with E-state index in [2.05, 4.69) is 5.32 Å². The van der Waals surface area contributed by atoms with Crippen molar-refractivity contribution >= 4 is 11.8 Å². The van der Waals surface area contributed by atoms with Crippen LogP contribution in [0.25, 0.3) is 0 Å². The second-order valence-corrected chi connectivity index (χ2v) is 2.93. The molecule has 0 bridgehead atoms. The lowest BCUT2D eigenvalue weighted by molar-refractivity contribution is -0.142. The molecule has 0 aromatic rings. The number of nitrogens with one attached hydrogen (secondary N) is 1. The number of carbonyl (C=O) groups is 2. The fraction of sp³-hybridized carbons (Fsp3) is 0.444. The van der Waals surface area contributed by atoms with E-state index in [4.69, 9.17) is 5.26 Å². The summed E-state index contributed by atoms with van der Waals surface area (Å²) < 4.78 is 0. The molecule has 1 unspecified atom stereocenters. The van der Waals surface area contributed by atoms with Crippen molar-refractivity contribution < 1.29 is 9.59 Å². The number of amides is 2. The van der Waals surface area contributed by atoms with Gasteiger partial charge < -0.3 is 10.2 Å². The molecule has 1 rings (SSSR count). The number of rotatable bonds is 3. The van der Waals surface area contributed by atoms with E-state index in [1.165, 1.54) is 4.90 Å². The van der Waals surface area contributed by atoms with E-state index in [1.807, 2.05) is 6.92 Å². The number of likely N-dealkylation sites (tertiary alicyclic amines) is 1. The zero-order valence-electron chi connectivity index (χ0n) is 7.86. The first-order chi connectivity index (χ1) is 6.69. The molecule has 1 fully saturated rings. The van der Waals surface area contributed by atoms with E-state index >= 15 is 0 Å². The molecule has 5 nitrogen and oxygen atoms in total. The zero-order valence-corrected chi connectivity index (χ0v) is 7.86. The highest BCUT2D eigenvalue weighted by atomic mass is 16.2. The van der Waals surface area contributed by atoms with E-state index in [1.54, 1.807) is 18.3 Å². The predicted octanol–water partition coefficient (Wildman–Crippen LogP) is -0.239. The Labute approximate surface area is 82.0 Å². The van der Waals surface area contributed by atoms with Crippen LogP contribution in [-0.4, -0.2) is 29.3 Å². The first-order valence-electron chi connectivity index (χ1n) is 4.28. The van der Waals surface area contributed by atoms with E-state index in [0.29, 0.717) is 6.54 Å². The van der Waals surface area contributed by atoms with Crippen molar-refractivity contribution in [2.45, 2.75) is 19.4 Å². The van der Waals surface area contributed by atoms with Crippen molar-refractivity contribution in [3.63, 3.8) is 0 Å². The van der Waals surface area contributed by atoms with Gasteiger partial charge in [0.05, 0.1) is 12.6 Å². The lowest BCUT2D eigenvalue weighted by Gasteiger charge is -2.35. The first-order valence-corrected chi connectivity index (χ1v) is 4.28. The number of carbonyl (C=O) groups excluding carboxylic acids is 2. The first kappa shape index (κ1) is 10.3. The maximum absolute atomic E-state index is 11.3. The van der Waals surface area contributed by atoms with E-state index < -0.39 is 11.9 Å². The fourth-order valence-corrected chi connectivity index (χ4v) is 1.19. The van der Waals surface area contributed by atoms with Gasteiger partial charge in [-0.3, -0.25) is 9.59 Å². The molecule has 0 aromatic carbocycles. The number of nitrogens with zero attached hydrogens (tertiary/aromatic N) is 2. The van der Waals surface area contributed by atoms with E-state index in [0.717, 1.165) is 0 Å². The average Bonchev–Trinajstić information content (AvgIpc) is 2.16. The van der Waals surface area contributed by atoms with Crippen LogP contribution in [0.3, 0.4) is 0 Å². The Morgan fingerprint density at radius 2 is 2.57 bits per heavy atom. The van der Waals surface area contributed by atoms with Gasteiger partial charge in [0.25, 0.3) is 5.91 Å². The number of hydrogen-bond acceptors (Lipinski definition) is 3. The lowest BCUT2D eigenvalue weighted by Crippen LogP contribution is -2.61. The molecular formula is C9H11N3O2. The largest absolute Gasteiger partial charge is 0.342 e. The molecule has 74 valence electrons. The number of hydrogen-bond donors (Lipinski definition) is 1. The molecule has 0 spiro atoms. The standard InChI is InChI=1S/C9H11N3O2/c1-2-5-12-6-7(9(12)14)11-8(13)3-4-10/h2,5,7H,3,6H2,1H3,(H,11,13). The van der Waals surface area contributed by atoms with Crippen molar-refractivity contribution in [3.8, 4) is 6.07 Å². The molecule has 1 N–H and O–H groups in total. The minimum atomic E-state index is -0.452. The quantitative estimate of drug-likeness (QED) is 0.629. The Hall–Kier alpha value is -1.83. The molecule has 1 heterocycles. The van der Waals surface area contributed by atoms with E-state index in [-0.39, 0.29) is 12.3 Å². The lowest BCUT2D eigenvalue weighted by atomic mass is 10.1. The minimum Gasteiger partial charge on any atom is -0.342 e. The molecule has 1 atom stereocenters. The van der Waals surface area contributed by atoms with Crippen LogP contribution in [-0.2, 0) is 9.59 Å². The molecule has 1 saturated heterocycles. The summed E-state index contributed by atoms with van der Waals surface area (Å²) in [6, 6.07) is 1.27. The van der Waals surface area contributed by atoms with Gasteiger partial charge in [-0.1, -0.05) is 6.08 Å². The molecule has 0 aromatic heterocycles. The summed E-state index contributed by atoms with van der Waals surface area (Å²) in [5, 5.41) is 10.7. The van der Waals surface area contributed by atoms with Crippen molar-refractivity contribution in [2.75, 3.05) is 6.54 Å². The van der Waals surface area contributed by atoms with Crippen LogP contribution < -0.4 is 5.32 Å². The summed E-state index contributed by atoms with van der Waals surface area (Å²) in [5.41, 5.74) is 0. The highest BCUT2D eigenvalue weighted by Gasteiger charge is 2.35. The van der Waals surface area contributed by atoms with Gasteiger partial charge in [0, 0.05) is 6.20 Å². The maximum atomic E-state index is 11.3. The highest BCUT2D eigenvalue weighted by molar-refractivity contribution is 5.93. The van der Waals surface area contributed by atoms with Crippen LogP contribution in [0.5, 0.6) is 0 Å². The van der Waals surface area contributed by atoms with Gasteiger partial charge in [-0.25, -0.2) is 0 Å². The molecule has 14 heavy (non-hydrogen) atoms. The average molecular weight is 193 g/mol. The minimum absolute atomic E-state index is 0.130. The topological polar surface area (TPSA) is 73.2 Å². The summed E-state index contributed by atoms with van der Waals surface area (Å²) in [6.45, 7) is 2.30. The van der Waals surface area contributed by atoms with Crippen LogP contribution in [0.4, 0.5) is 0 Å². The van der Waals surface area contributed by atoms with Crippen LogP contribution >= 0.6 is 0 Å². The predicted molar refractivity (Wildman–Crippen MR) is 48.7 cm³/mol. The number of allylic oxidation sites excluding steroid dienone is 1. The Balaban J connectivity index is 2.35. The van der Waals surface area contributed by atoms with Crippen molar-refractivity contribution in [1.29, 1.82) is 5.26 Å². The molecule has 0 aliphatic carbocycles. The molecule has 5 heteroatoms. The summed E-state index contributed by atoms with van der Waals surface area (Å²) in [7, 11) is 0. The third-order valence-corrected chi connectivity index (χ3v) is 1.86. The SMILES string of the molecule is CC=CN1CC(NC(=O)CC#N)C1=O. The molecule has 2 amide bonds. The Bertz CT molecular complexity index is 317. The summed E-state index contributed by atoms with van der Waals surface area (Å²) in [4.78, 5) is 23.7. The van der Waals surface area contributed by atoms with Gasteiger partial charge in [-0.05, 0) is 6.92 Å². The normalized spacial score (nSPS) is 20.4.